The number of fused-ring (bicyclic) bond motifs is 1. The lowest BCUT2D eigenvalue weighted by Gasteiger charge is -2.13. The standard InChI is InChI=1S/C20H16BrClN2O5/c1-11-15(7-6-14(21)18(11)22)23-16(25)10-29-17(26)8-9-24-19(27)12-4-2-3-5-13(12)20(24)28/h2-7H,8-10H2,1H3,(H,23,25). The molecular formula is C20H16BrClN2O5. The van der Waals surface area contributed by atoms with Gasteiger partial charge < -0.3 is 10.1 Å². The first kappa shape index (κ1) is 21.0. The number of nitrogens with one attached hydrogen (secondary N) is 1. The Kier molecular flexibility index (Phi) is 6.34. The molecular weight excluding hydrogens is 464 g/mol. The van der Waals surface area contributed by atoms with Crippen LogP contribution < -0.4 is 5.32 Å². The predicted molar refractivity (Wildman–Crippen MR) is 110 cm³/mol. The molecule has 0 spiro atoms. The highest BCUT2D eigenvalue weighted by Crippen LogP contribution is 2.31. The van der Waals surface area contributed by atoms with Gasteiger partial charge in [0.1, 0.15) is 0 Å². The number of halogens is 2. The summed E-state index contributed by atoms with van der Waals surface area (Å²) in [5.74, 6) is -2.11. The number of ether oxygens (including phenoxy) is 1. The number of carbonyl (C=O) groups excluding carboxylic acids is 4. The highest BCUT2D eigenvalue weighted by Gasteiger charge is 2.35. The van der Waals surface area contributed by atoms with E-state index in [4.69, 9.17) is 16.3 Å². The fraction of sp³-hybridized carbons (Fsp3) is 0.200. The number of rotatable bonds is 6. The van der Waals surface area contributed by atoms with Crippen LogP contribution in [0.4, 0.5) is 5.69 Å². The van der Waals surface area contributed by atoms with Gasteiger partial charge in [-0.15, -0.1) is 0 Å². The molecule has 1 heterocycles. The maximum absolute atomic E-state index is 12.2. The van der Waals surface area contributed by atoms with Crippen molar-refractivity contribution in [2.24, 2.45) is 0 Å². The summed E-state index contributed by atoms with van der Waals surface area (Å²) in [7, 11) is 0. The zero-order chi connectivity index (χ0) is 21.1. The molecule has 2 aromatic rings. The summed E-state index contributed by atoms with van der Waals surface area (Å²) < 4.78 is 5.64. The van der Waals surface area contributed by atoms with Gasteiger partial charge in [-0.3, -0.25) is 24.1 Å². The largest absolute Gasteiger partial charge is 0.456 e. The molecule has 1 aliphatic heterocycles. The zero-order valence-electron chi connectivity index (χ0n) is 15.3. The molecule has 1 aliphatic rings. The molecule has 2 aromatic carbocycles. The van der Waals surface area contributed by atoms with E-state index < -0.39 is 30.3 Å². The molecule has 0 fully saturated rings. The number of hydrogen-bond donors (Lipinski definition) is 1. The topological polar surface area (TPSA) is 92.8 Å². The van der Waals surface area contributed by atoms with Crippen LogP contribution in [0.3, 0.4) is 0 Å². The fourth-order valence-electron chi connectivity index (χ4n) is 2.84. The van der Waals surface area contributed by atoms with Crippen LogP contribution in [0, 0.1) is 6.92 Å². The van der Waals surface area contributed by atoms with Crippen molar-refractivity contribution in [1.82, 2.24) is 4.90 Å². The Balaban J connectivity index is 1.48. The van der Waals surface area contributed by atoms with E-state index in [1.54, 1.807) is 43.3 Å². The lowest BCUT2D eigenvalue weighted by molar-refractivity contribution is -0.147. The van der Waals surface area contributed by atoms with Crippen LogP contribution in [0.1, 0.15) is 32.7 Å². The lowest BCUT2D eigenvalue weighted by Crippen LogP contribution is -2.32. The summed E-state index contributed by atoms with van der Waals surface area (Å²) >= 11 is 9.40. The first-order valence-corrected chi connectivity index (χ1v) is 9.82. The van der Waals surface area contributed by atoms with Gasteiger partial charge in [-0.25, -0.2) is 0 Å². The number of esters is 1. The summed E-state index contributed by atoms with van der Waals surface area (Å²) in [6.07, 6.45) is -0.206. The Morgan fingerprint density at radius 2 is 1.72 bits per heavy atom. The van der Waals surface area contributed by atoms with Gasteiger partial charge in [-0.05, 0) is 52.7 Å². The molecule has 29 heavy (non-hydrogen) atoms. The van der Waals surface area contributed by atoms with Gasteiger partial charge in [0.25, 0.3) is 17.7 Å². The maximum atomic E-state index is 12.2. The average Bonchev–Trinajstić information content (AvgIpc) is 2.96. The number of hydrogen-bond acceptors (Lipinski definition) is 5. The lowest BCUT2D eigenvalue weighted by atomic mass is 10.1. The first-order chi connectivity index (χ1) is 13.8. The van der Waals surface area contributed by atoms with E-state index in [1.165, 1.54) is 0 Å². The minimum absolute atomic E-state index is 0.117. The highest BCUT2D eigenvalue weighted by atomic mass is 79.9. The third-order valence-corrected chi connectivity index (χ3v) is 5.77. The van der Waals surface area contributed by atoms with E-state index in [-0.39, 0.29) is 13.0 Å². The molecule has 3 amide bonds. The van der Waals surface area contributed by atoms with E-state index in [9.17, 15) is 19.2 Å². The van der Waals surface area contributed by atoms with Gasteiger partial charge in [0.05, 0.1) is 22.6 Å². The number of amides is 3. The molecule has 7 nitrogen and oxygen atoms in total. The first-order valence-electron chi connectivity index (χ1n) is 8.65. The molecule has 0 bridgehead atoms. The van der Waals surface area contributed by atoms with Crippen LogP contribution in [0.15, 0.2) is 40.9 Å². The van der Waals surface area contributed by atoms with Crippen LogP contribution in [-0.2, 0) is 14.3 Å². The Hall–Kier alpha value is -2.71. The zero-order valence-corrected chi connectivity index (χ0v) is 17.7. The van der Waals surface area contributed by atoms with E-state index in [2.05, 4.69) is 21.2 Å². The minimum Gasteiger partial charge on any atom is -0.456 e. The van der Waals surface area contributed by atoms with E-state index in [0.29, 0.717) is 31.9 Å². The summed E-state index contributed by atoms with van der Waals surface area (Å²) in [5, 5.41) is 3.09. The Labute approximate surface area is 180 Å². The molecule has 0 saturated heterocycles. The molecule has 9 heteroatoms. The highest BCUT2D eigenvalue weighted by molar-refractivity contribution is 9.10. The number of benzene rings is 2. The number of imide groups is 1. The molecule has 0 aromatic heterocycles. The second kappa shape index (κ2) is 8.75. The normalized spacial score (nSPS) is 12.7. The Morgan fingerprint density at radius 1 is 1.10 bits per heavy atom. The van der Waals surface area contributed by atoms with Crippen molar-refractivity contribution in [3.05, 3.63) is 62.6 Å². The average molecular weight is 480 g/mol. The van der Waals surface area contributed by atoms with Crippen molar-refractivity contribution in [3.63, 3.8) is 0 Å². The summed E-state index contributed by atoms with van der Waals surface area (Å²) in [6.45, 7) is 1.14. The summed E-state index contributed by atoms with van der Waals surface area (Å²) in [6, 6.07) is 9.83. The quantitative estimate of drug-likeness (QED) is 0.505. The second-order valence-electron chi connectivity index (χ2n) is 6.30. The van der Waals surface area contributed by atoms with Crippen LogP contribution in [0.2, 0.25) is 5.02 Å². The fourth-order valence-corrected chi connectivity index (χ4v) is 3.43. The SMILES string of the molecule is Cc1c(NC(=O)COC(=O)CCN2C(=O)c3ccccc3C2=O)ccc(Br)c1Cl. The molecule has 0 unspecified atom stereocenters. The van der Waals surface area contributed by atoms with E-state index in [1.807, 2.05) is 0 Å². The molecule has 0 atom stereocenters. The Morgan fingerprint density at radius 3 is 2.34 bits per heavy atom. The Bertz CT molecular complexity index is 989. The van der Waals surface area contributed by atoms with Crippen LogP contribution in [-0.4, -0.2) is 41.7 Å². The van der Waals surface area contributed by atoms with Gasteiger partial charge in [0, 0.05) is 16.7 Å². The van der Waals surface area contributed by atoms with Gasteiger partial charge in [-0.1, -0.05) is 23.7 Å². The predicted octanol–water partition coefficient (Wildman–Crippen LogP) is 3.58. The molecule has 150 valence electrons. The third-order valence-electron chi connectivity index (χ3n) is 4.40. The summed E-state index contributed by atoms with van der Waals surface area (Å²) in [4.78, 5) is 49.4. The molecule has 1 N–H and O–H groups in total. The number of nitrogens with zero attached hydrogens (tertiary/aromatic N) is 1. The molecule has 0 saturated carbocycles. The van der Waals surface area contributed by atoms with Crippen molar-refractivity contribution in [3.8, 4) is 0 Å². The summed E-state index contributed by atoms with van der Waals surface area (Å²) in [5.41, 5.74) is 1.80. The van der Waals surface area contributed by atoms with Crippen molar-refractivity contribution in [2.75, 3.05) is 18.5 Å². The van der Waals surface area contributed by atoms with Crippen molar-refractivity contribution in [2.45, 2.75) is 13.3 Å². The van der Waals surface area contributed by atoms with Crippen molar-refractivity contribution in [1.29, 1.82) is 0 Å². The van der Waals surface area contributed by atoms with Gasteiger partial charge >= 0.3 is 5.97 Å². The van der Waals surface area contributed by atoms with Gasteiger partial charge in [-0.2, -0.15) is 0 Å². The van der Waals surface area contributed by atoms with Crippen molar-refractivity contribution < 1.29 is 23.9 Å². The second-order valence-corrected chi connectivity index (χ2v) is 7.53. The third kappa shape index (κ3) is 4.49. The van der Waals surface area contributed by atoms with Crippen LogP contribution >= 0.6 is 27.5 Å². The van der Waals surface area contributed by atoms with Crippen LogP contribution in [0.25, 0.3) is 0 Å². The van der Waals surface area contributed by atoms with E-state index >= 15 is 0 Å². The molecule has 3 rings (SSSR count). The number of carbonyl (C=O) groups is 4. The monoisotopic (exact) mass is 478 g/mol. The van der Waals surface area contributed by atoms with Crippen molar-refractivity contribution >= 4 is 56.9 Å². The van der Waals surface area contributed by atoms with Crippen LogP contribution in [0.5, 0.6) is 0 Å². The smallest absolute Gasteiger partial charge is 0.308 e. The van der Waals surface area contributed by atoms with Gasteiger partial charge in [0.15, 0.2) is 6.61 Å². The molecule has 0 aliphatic carbocycles. The van der Waals surface area contributed by atoms with E-state index in [0.717, 1.165) is 4.90 Å². The van der Waals surface area contributed by atoms with Gasteiger partial charge in [0.2, 0.25) is 0 Å². The molecule has 0 radical (unpaired) electrons. The maximum Gasteiger partial charge on any atom is 0.308 e. The number of anilines is 1. The minimum atomic E-state index is -0.692.